The van der Waals surface area contributed by atoms with Gasteiger partial charge < -0.3 is 9.84 Å². The van der Waals surface area contributed by atoms with Gasteiger partial charge in [-0.15, -0.1) is 0 Å². The van der Waals surface area contributed by atoms with Crippen LogP contribution in [0.5, 0.6) is 0 Å². The van der Waals surface area contributed by atoms with Gasteiger partial charge in [0.1, 0.15) is 0 Å². The summed E-state index contributed by atoms with van der Waals surface area (Å²) in [6.07, 6.45) is -0.315. The molecule has 2 atom stereocenters. The molecule has 0 aliphatic rings. The Hall–Kier alpha value is -2.62. The largest absolute Gasteiger partial charge is 0.478 e. The van der Waals surface area contributed by atoms with Crippen molar-refractivity contribution in [3.63, 3.8) is 0 Å². The molecule has 0 saturated carbocycles. The van der Waals surface area contributed by atoms with Crippen LogP contribution in [-0.2, 0) is 20.7 Å². The average molecular weight is 340 g/mol. The van der Waals surface area contributed by atoms with Crippen molar-refractivity contribution < 1.29 is 19.4 Å². The molecule has 2 rings (SSSR count). The zero-order valence-electron chi connectivity index (χ0n) is 14.8. The van der Waals surface area contributed by atoms with Gasteiger partial charge in [0.15, 0.2) is 0 Å². The molecule has 0 bridgehead atoms. The molecule has 0 fully saturated rings. The summed E-state index contributed by atoms with van der Waals surface area (Å²) < 4.78 is 5.27. The van der Waals surface area contributed by atoms with Crippen molar-refractivity contribution in [3.8, 4) is 0 Å². The molecule has 0 aliphatic carbocycles. The molecule has 0 aliphatic heterocycles. The minimum atomic E-state index is -1.30. The number of rotatable bonds is 7. The average Bonchev–Trinajstić information content (AvgIpc) is 2.59. The number of carbonyl (C=O) groups is 2. The normalized spacial score (nSPS) is 13.3. The van der Waals surface area contributed by atoms with E-state index < -0.39 is 24.0 Å². The van der Waals surface area contributed by atoms with Crippen LogP contribution < -0.4 is 0 Å². The lowest BCUT2D eigenvalue weighted by Crippen LogP contribution is -2.22. The van der Waals surface area contributed by atoms with Crippen molar-refractivity contribution in [2.75, 3.05) is 0 Å². The highest BCUT2D eigenvalue weighted by Gasteiger charge is 2.27. The van der Waals surface area contributed by atoms with Gasteiger partial charge in [0.25, 0.3) is 0 Å². The predicted molar refractivity (Wildman–Crippen MR) is 96.3 cm³/mol. The number of hydrogen-bond acceptors (Lipinski definition) is 3. The standard InChI is InChI=1S/C21H24O4/c1-14(2)13-16-9-11-17(12-10-16)15(3)21(24)25-19(20(22)23)18-7-5-4-6-8-18/h4-12,14-15,19H,13H2,1-3H3,(H,22,23)/t15-,19-/m0/s1. The van der Waals surface area contributed by atoms with Gasteiger partial charge in [-0.25, -0.2) is 4.79 Å². The first kappa shape index (κ1) is 18.7. The molecule has 0 unspecified atom stereocenters. The molecular formula is C21H24O4. The maximum Gasteiger partial charge on any atom is 0.349 e. The second kappa shape index (κ2) is 8.47. The lowest BCUT2D eigenvalue weighted by Gasteiger charge is -2.18. The number of esters is 1. The summed E-state index contributed by atoms with van der Waals surface area (Å²) in [4.78, 5) is 23.9. The lowest BCUT2D eigenvalue weighted by molar-refractivity contribution is -0.165. The van der Waals surface area contributed by atoms with E-state index in [9.17, 15) is 14.7 Å². The van der Waals surface area contributed by atoms with Crippen LogP contribution in [-0.4, -0.2) is 17.0 Å². The van der Waals surface area contributed by atoms with E-state index in [1.165, 1.54) is 5.56 Å². The number of ether oxygens (including phenoxy) is 1. The minimum Gasteiger partial charge on any atom is -0.478 e. The van der Waals surface area contributed by atoms with Crippen LogP contribution in [0.2, 0.25) is 0 Å². The van der Waals surface area contributed by atoms with E-state index in [1.807, 2.05) is 24.3 Å². The van der Waals surface area contributed by atoms with Crippen LogP contribution in [0.25, 0.3) is 0 Å². The fourth-order valence-electron chi connectivity index (χ4n) is 2.66. The Balaban J connectivity index is 2.09. The Labute approximate surface area is 148 Å². The number of aliphatic carboxylic acids is 1. The third kappa shape index (κ3) is 5.18. The fourth-order valence-corrected chi connectivity index (χ4v) is 2.66. The highest BCUT2D eigenvalue weighted by molar-refractivity contribution is 5.82. The summed E-state index contributed by atoms with van der Waals surface area (Å²) in [5, 5.41) is 9.37. The summed E-state index contributed by atoms with van der Waals surface area (Å²) in [6.45, 7) is 6.04. The Morgan fingerprint density at radius 2 is 1.52 bits per heavy atom. The Morgan fingerprint density at radius 1 is 0.920 bits per heavy atom. The second-order valence-corrected chi connectivity index (χ2v) is 6.63. The van der Waals surface area contributed by atoms with E-state index in [0.29, 0.717) is 11.5 Å². The topological polar surface area (TPSA) is 63.6 Å². The molecule has 2 aromatic rings. The Bertz CT molecular complexity index is 704. The predicted octanol–water partition coefficient (Wildman–Crippen LogP) is 4.36. The maximum absolute atomic E-state index is 12.4. The number of carboxylic acids is 1. The quantitative estimate of drug-likeness (QED) is 0.761. The third-order valence-electron chi connectivity index (χ3n) is 4.04. The first-order valence-corrected chi connectivity index (χ1v) is 8.45. The van der Waals surface area contributed by atoms with Crippen LogP contribution >= 0.6 is 0 Å². The second-order valence-electron chi connectivity index (χ2n) is 6.63. The van der Waals surface area contributed by atoms with Gasteiger partial charge in [-0.05, 0) is 30.4 Å². The number of carbonyl (C=O) groups excluding carboxylic acids is 1. The van der Waals surface area contributed by atoms with Crippen LogP contribution in [0.15, 0.2) is 54.6 Å². The summed E-state index contributed by atoms with van der Waals surface area (Å²) in [5.74, 6) is -1.69. The number of hydrogen-bond donors (Lipinski definition) is 1. The van der Waals surface area contributed by atoms with Crippen LogP contribution in [0, 0.1) is 5.92 Å². The van der Waals surface area contributed by atoms with E-state index in [0.717, 1.165) is 12.0 Å². The molecule has 132 valence electrons. The summed E-state index contributed by atoms with van der Waals surface area (Å²) >= 11 is 0. The molecule has 0 radical (unpaired) electrons. The van der Waals surface area contributed by atoms with Crippen molar-refractivity contribution >= 4 is 11.9 Å². The molecule has 1 N–H and O–H groups in total. The van der Waals surface area contributed by atoms with Gasteiger partial charge in [-0.2, -0.15) is 0 Å². The van der Waals surface area contributed by atoms with Crippen LogP contribution in [0.3, 0.4) is 0 Å². The first-order valence-electron chi connectivity index (χ1n) is 8.45. The van der Waals surface area contributed by atoms with Gasteiger partial charge in [-0.3, -0.25) is 4.79 Å². The molecule has 2 aromatic carbocycles. The van der Waals surface area contributed by atoms with Crippen molar-refractivity contribution in [3.05, 3.63) is 71.3 Å². The third-order valence-corrected chi connectivity index (χ3v) is 4.04. The van der Waals surface area contributed by atoms with Gasteiger partial charge in [-0.1, -0.05) is 68.4 Å². The Morgan fingerprint density at radius 3 is 2.04 bits per heavy atom. The van der Waals surface area contributed by atoms with E-state index in [-0.39, 0.29) is 0 Å². The number of benzene rings is 2. The van der Waals surface area contributed by atoms with Crippen molar-refractivity contribution in [2.24, 2.45) is 5.92 Å². The molecule has 4 heteroatoms. The highest BCUT2D eigenvalue weighted by Crippen LogP contribution is 2.24. The fraction of sp³-hybridized carbons (Fsp3) is 0.333. The summed E-state index contributed by atoms with van der Waals surface area (Å²) in [7, 11) is 0. The molecule has 0 saturated heterocycles. The van der Waals surface area contributed by atoms with E-state index in [2.05, 4.69) is 13.8 Å². The number of carboxylic acid groups (broad SMARTS) is 1. The highest BCUT2D eigenvalue weighted by atomic mass is 16.6. The molecule has 25 heavy (non-hydrogen) atoms. The van der Waals surface area contributed by atoms with Gasteiger partial charge in [0.05, 0.1) is 5.92 Å². The lowest BCUT2D eigenvalue weighted by atomic mass is 9.97. The molecule has 0 amide bonds. The summed E-state index contributed by atoms with van der Waals surface area (Å²) in [6, 6.07) is 16.3. The Kier molecular flexibility index (Phi) is 6.34. The summed E-state index contributed by atoms with van der Waals surface area (Å²) in [5.41, 5.74) is 2.48. The smallest absolute Gasteiger partial charge is 0.349 e. The zero-order chi connectivity index (χ0) is 18.4. The van der Waals surface area contributed by atoms with Gasteiger partial charge in [0, 0.05) is 5.56 Å². The SMILES string of the molecule is CC(C)Cc1ccc([C@H](C)C(=O)O[C@H](C(=O)O)c2ccccc2)cc1. The molecule has 0 heterocycles. The monoisotopic (exact) mass is 340 g/mol. The van der Waals surface area contributed by atoms with E-state index in [1.54, 1.807) is 37.3 Å². The molecule has 0 spiro atoms. The van der Waals surface area contributed by atoms with Crippen molar-refractivity contribution in [1.82, 2.24) is 0 Å². The van der Waals surface area contributed by atoms with Gasteiger partial charge >= 0.3 is 11.9 Å². The molecule has 0 aromatic heterocycles. The first-order chi connectivity index (χ1) is 11.9. The zero-order valence-corrected chi connectivity index (χ0v) is 14.8. The van der Waals surface area contributed by atoms with Gasteiger partial charge in [0.2, 0.25) is 6.10 Å². The van der Waals surface area contributed by atoms with E-state index >= 15 is 0 Å². The molecule has 4 nitrogen and oxygen atoms in total. The molecular weight excluding hydrogens is 316 g/mol. The minimum absolute atomic E-state index is 0.447. The van der Waals surface area contributed by atoms with Crippen LogP contribution in [0.1, 0.15) is 49.5 Å². The van der Waals surface area contributed by atoms with Crippen LogP contribution in [0.4, 0.5) is 0 Å². The van der Waals surface area contributed by atoms with E-state index in [4.69, 9.17) is 4.74 Å². The van der Waals surface area contributed by atoms with Crippen molar-refractivity contribution in [1.29, 1.82) is 0 Å². The van der Waals surface area contributed by atoms with Crippen molar-refractivity contribution in [2.45, 2.75) is 39.2 Å². The maximum atomic E-state index is 12.4.